The number of amides is 2. The van der Waals surface area contributed by atoms with Gasteiger partial charge in [0.2, 0.25) is 6.10 Å². The van der Waals surface area contributed by atoms with Crippen LogP contribution < -0.4 is 0 Å². The lowest BCUT2D eigenvalue weighted by Crippen LogP contribution is -2.36. The molecule has 1 fully saturated rings. The molecular formula is C17H17NO8. The van der Waals surface area contributed by atoms with Crippen molar-refractivity contribution >= 4 is 29.7 Å². The largest absolute Gasteiger partial charge is 0.451 e. The molecule has 138 valence electrons. The zero-order valence-corrected chi connectivity index (χ0v) is 14.2. The van der Waals surface area contributed by atoms with Crippen LogP contribution in [0.1, 0.15) is 38.4 Å². The average Bonchev–Trinajstić information content (AvgIpc) is 2.91. The number of rotatable bonds is 6. The van der Waals surface area contributed by atoms with Crippen molar-refractivity contribution in [2.75, 3.05) is 0 Å². The minimum absolute atomic E-state index is 0.0641. The predicted molar refractivity (Wildman–Crippen MR) is 83.7 cm³/mol. The highest BCUT2D eigenvalue weighted by atomic mass is 16.7. The van der Waals surface area contributed by atoms with E-state index >= 15 is 0 Å². The third kappa shape index (κ3) is 4.65. The molecule has 2 rings (SSSR count). The van der Waals surface area contributed by atoms with Gasteiger partial charge < -0.3 is 14.3 Å². The van der Waals surface area contributed by atoms with Gasteiger partial charge in [-0.1, -0.05) is 30.3 Å². The van der Waals surface area contributed by atoms with E-state index in [0.717, 1.165) is 6.92 Å². The first-order valence-electron chi connectivity index (χ1n) is 7.80. The first-order chi connectivity index (χ1) is 12.3. The fourth-order valence-corrected chi connectivity index (χ4v) is 2.18. The molecule has 9 heteroatoms. The molecule has 2 amide bonds. The highest BCUT2D eigenvalue weighted by Crippen LogP contribution is 2.22. The Morgan fingerprint density at radius 2 is 1.54 bits per heavy atom. The lowest BCUT2D eigenvalue weighted by atomic mass is 10.1. The van der Waals surface area contributed by atoms with Crippen molar-refractivity contribution in [3.8, 4) is 0 Å². The normalized spacial score (nSPS) is 16.0. The lowest BCUT2D eigenvalue weighted by molar-refractivity contribution is -0.207. The molecule has 26 heavy (non-hydrogen) atoms. The van der Waals surface area contributed by atoms with Crippen molar-refractivity contribution in [3.63, 3.8) is 0 Å². The lowest BCUT2D eigenvalue weighted by Gasteiger charge is -2.21. The molecule has 1 aliphatic heterocycles. The van der Waals surface area contributed by atoms with E-state index in [1.165, 1.54) is 19.1 Å². The number of hydrogen-bond donors (Lipinski definition) is 0. The number of imide groups is 1. The van der Waals surface area contributed by atoms with Gasteiger partial charge in [-0.3, -0.25) is 14.4 Å². The van der Waals surface area contributed by atoms with Gasteiger partial charge in [0.05, 0.1) is 0 Å². The molecule has 1 heterocycles. The fourth-order valence-electron chi connectivity index (χ4n) is 2.18. The Labute approximate surface area is 148 Å². The van der Waals surface area contributed by atoms with E-state index in [-0.39, 0.29) is 18.4 Å². The second kappa shape index (κ2) is 8.24. The summed E-state index contributed by atoms with van der Waals surface area (Å²) in [4.78, 5) is 63.5. The topological polar surface area (TPSA) is 116 Å². The molecule has 1 aromatic carbocycles. The Balaban J connectivity index is 2.17. The molecule has 0 spiro atoms. The maximum atomic E-state index is 12.4. The second-order valence-corrected chi connectivity index (χ2v) is 5.47. The molecule has 1 unspecified atom stereocenters. The van der Waals surface area contributed by atoms with Crippen molar-refractivity contribution < 1.29 is 38.3 Å². The Bertz CT molecular complexity index is 714. The van der Waals surface area contributed by atoms with Crippen LogP contribution in [0.3, 0.4) is 0 Å². The summed E-state index contributed by atoms with van der Waals surface area (Å²) < 4.78 is 9.81. The summed E-state index contributed by atoms with van der Waals surface area (Å²) in [7, 11) is 0. The Kier molecular flexibility index (Phi) is 6.05. The van der Waals surface area contributed by atoms with Crippen molar-refractivity contribution in [2.24, 2.45) is 0 Å². The Hall–Kier alpha value is -3.23. The summed E-state index contributed by atoms with van der Waals surface area (Å²) in [5, 5.41) is 0.363. The van der Waals surface area contributed by atoms with Gasteiger partial charge in [-0.15, -0.1) is 5.06 Å². The molecule has 0 aromatic heterocycles. The Morgan fingerprint density at radius 1 is 0.962 bits per heavy atom. The van der Waals surface area contributed by atoms with Crippen molar-refractivity contribution in [3.05, 3.63) is 35.9 Å². The van der Waals surface area contributed by atoms with Gasteiger partial charge in [-0.25, -0.2) is 9.59 Å². The van der Waals surface area contributed by atoms with Crippen LogP contribution in [0.5, 0.6) is 0 Å². The molecule has 0 saturated carbocycles. The number of carbonyl (C=O) groups is 5. The van der Waals surface area contributed by atoms with Crippen molar-refractivity contribution in [2.45, 2.75) is 38.9 Å². The van der Waals surface area contributed by atoms with Gasteiger partial charge in [0.25, 0.3) is 11.8 Å². The van der Waals surface area contributed by atoms with Crippen molar-refractivity contribution in [1.29, 1.82) is 0 Å². The van der Waals surface area contributed by atoms with Gasteiger partial charge in [0.15, 0.2) is 6.10 Å². The summed E-state index contributed by atoms with van der Waals surface area (Å²) in [5.41, 5.74) is 0.264. The fraction of sp³-hybridized carbons (Fsp3) is 0.353. The molecule has 2 atom stereocenters. The molecule has 9 nitrogen and oxygen atoms in total. The molecule has 1 aliphatic rings. The van der Waals surface area contributed by atoms with Gasteiger partial charge >= 0.3 is 17.9 Å². The number of esters is 2. The van der Waals surface area contributed by atoms with Crippen LogP contribution >= 0.6 is 0 Å². The van der Waals surface area contributed by atoms with E-state index in [2.05, 4.69) is 0 Å². The number of hydroxylamine groups is 2. The summed E-state index contributed by atoms with van der Waals surface area (Å²) in [6, 6.07) is 7.89. The number of benzene rings is 1. The third-order valence-electron chi connectivity index (χ3n) is 3.41. The highest BCUT2D eigenvalue weighted by molar-refractivity contribution is 6.01. The van der Waals surface area contributed by atoms with Crippen LogP contribution in [0.2, 0.25) is 0 Å². The molecular weight excluding hydrogens is 346 g/mol. The van der Waals surface area contributed by atoms with Gasteiger partial charge in [-0.2, -0.15) is 0 Å². The number of carbonyl (C=O) groups excluding carboxylic acids is 5. The number of nitrogens with zero attached hydrogens (tertiary/aromatic N) is 1. The van der Waals surface area contributed by atoms with E-state index < -0.39 is 41.9 Å². The van der Waals surface area contributed by atoms with Crippen LogP contribution in [0.4, 0.5) is 0 Å². The summed E-state index contributed by atoms with van der Waals surface area (Å²) in [6.45, 7) is 2.40. The first kappa shape index (κ1) is 19.1. The number of ether oxygens (including phenoxy) is 2. The minimum Gasteiger partial charge on any atom is -0.451 e. The molecule has 0 bridgehead atoms. The zero-order chi connectivity index (χ0) is 19.3. The van der Waals surface area contributed by atoms with Gasteiger partial charge in [-0.05, 0) is 6.92 Å². The summed E-state index contributed by atoms with van der Waals surface area (Å²) in [6.07, 6.45) is -2.92. The monoisotopic (exact) mass is 363 g/mol. The van der Waals surface area contributed by atoms with E-state index in [1.807, 2.05) is 0 Å². The van der Waals surface area contributed by atoms with E-state index in [4.69, 9.17) is 14.3 Å². The van der Waals surface area contributed by atoms with Crippen LogP contribution in [-0.2, 0) is 38.3 Å². The highest BCUT2D eigenvalue weighted by Gasteiger charge is 2.37. The maximum Gasteiger partial charge on any atom is 0.378 e. The van der Waals surface area contributed by atoms with E-state index in [1.54, 1.807) is 18.2 Å². The van der Waals surface area contributed by atoms with E-state index in [9.17, 15) is 24.0 Å². The van der Waals surface area contributed by atoms with Crippen LogP contribution in [-0.4, -0.2) is 40.9 Å². The summed E-state index contributed by atoms with van der Waals surface area (Å²) >= 11 is 0. The standard InChI is InChI=1S/C17H17NO8/c1-10(24-11(2)19)16(22)25-15(12-6-4-3-5-7-12)17(23)26-18-13(20)8-9-14(18)21/h3-7,10,15H,8-9H2,1-2H3/t10?,15-/m0/s1. The first-order valence-corrected chi connectivity index (χ1v) is 7.80. The van der Waals surface area contributed by atoms with Crippen LogP contribution in [0.15, 0.2) is 30.3 Å². The molecule has 1 saturated heterocycles. The third-order valence-corrected chi connectivity index (χ3v) is 3.41. The summed E-state index contributed by atoms with van der Waals surface area (Å²) in [5.74, 6) is -4.11. The van der Waals surface area contributed by atoms with Gasteiger partial charge in [0, 0.05) is 25.3 Å². The SMILES string of the molecule is CC(=O)OC(C)C(=O)O[C@H](C(=O)ON1C(=O)CCC1=O)c1ccccc1. The minimum atomic E-state index is -1.54. The quantitative estimate of drug-likeness (QED) is 0.539. The second-order valence-electron chi connectivity index (χ2n) is 5.47. The Morgan fingerprint density at radius 3 is 2.08 bits per heavy atom. The van der Waals surface area contributed by atoms with Crippen LogP contribution in [0, 0.1) is 0 Å². The molecule has 0 aliphatic carbocycles. The van der Waals surface area contributed by atoms with Crippen LogP contribution in [0.25, 0.3) is 0 Å². The molecule has 0 radical (unpaired) electrons. The smallest absolute Gasteiger partial charge is 0.378 e. The van der Waals surface area contributed by atoms with Crippen molar-refractivity contribution in [1.82, 2.24) is 5.06 Å². The van der Waals surface area contributed by atoms with E-state index in [0.29, 0.717) is 5.06 Å². The maximum absolute atomic E-state index is 12.4. The number of hydrogen-bond acceptors (Lipinski definition) is 8. The zero-order valence-electron chi connectivity index (χ0n) is 14.2. The molecule has 1 aromatic rings. The molecule has 0 N–H and O–H groups in total. The average molecular weight is 363 g/mol. The van der Waals surface area contributed by atoms with Gasteiger partial charge in [0.1, 0.15) is 0 Å². The predicted octanol–water partition coefficient (Wildman–Crippen LogP) is 0.830.